The highest BCUT2D eigenvalue weighted by molar-refractivity contribution is 5.52. The minimum atomic E-state index is 0.595. The number of hydrogen-bond acceptors (Lipinski definition) is 1. The van der Waals surface area contributed by atoms with Gasteiger partial charge in [-0.2, -0.15) is 0 Å². The van der Waals surface area contributed by atoms with Gasteiger partial charge >= 0.3 is 0 Å². The molecule has 0 unspecified atom stereocenters. The molecular formula is C32H47N3. The van der Waals surface area contributed by atoms with E-state index in [1.54, 1.807) is 0 Å². The van der Waals surface area contributed by atoms with Crippen LogP contribution in [0.3, 0.4) is 0 Å². The summed E-state index contributed by atoms with van der Waals surface area (Å²) in [6, 6.07) is 13.7. The molecule has 1 aromatic heterocycles. The molecule has 3 nitrogen and oxygen atoms in total. The second-order valence-electron chi connectivity index (χ2n) is 11.8. The molecule has 0 saturated heterocycles. The summed E-state index contributed by atoms with van der Waals surface area (Å²) in [6.07, 6.45) is 8.71. The molecule has 0 atom stereocenters. The van der Waals surface area contributed by atoms with Crippen molar-refractivity contribution in [3.63, 3.8) is 0 Å². The molecule has 0 amide bonds. The maximum absolute atomic E-state index is 4.89. The van der Waals surface area contributed by atoms with E-state index < -0.39 is 0 Å². The maximum Gasteiger partial charge on any atom is 0.214 e. The van der Waals surface area contributed by atoms with Crippen LogP contribution in [0.5, 0.6) is 0 Å². The molecule has 0 aliphatic heterocycles. The molecule has 2 aromatic carbocycles. The second-order valence-corrected chi connectivity index (χ2v) is 11.8. The van der Waals surface area contributed by atoms with Crippen LogP contribution in [0, 0.1) is 23.7 Å². The summed E-state index contributed by atoms with van der Waals surface area (Å²) >= 11 is 0. The third kappa shape index (κ3) is 6.57. The van der Waals surface area contributed by atoms with Gasteiger partial charge in [-0.05, 0) is 71.6 Å². The lowest BCUT2D eigenvalue weighted by atomic mass is 9.94. The first kappa shape index (κ1) is 27.0. The first-order chi connectivity index (χ1) is 16.6. The Morgan fingerprint density at radius 2 is 0.829 bits per heavy atom. The van der Waals surface area contributed by atoms with Gasteiger partial charge in [0.15, 0.2) is 0 Å². The predicted molar refractivity (Wildman–Crippen MR) is 151 cm³/mol. The highest BCUT2D eigenvalue weighted by Crippen LogP contribution is 2.27. The Balaban J connectivity index is 2.31. The van der Waals surface area contributed by atoms with E-state index in [1.165, 1.54) is 33.6 Å². The summed E-state index contributed by atoms with van der Waals surface area (Å²) in [5, 5.41) is 0. The lowest BCUT2D eigenvalue weighted by Gasteiger charge is -2.20. The third-order valence-corrected chi connectivity index (χ3v) is 6.40. The zero-order valence-electron chi connectivity index (χ0n) is 23.6. The number of para-hydroxylation sites is 2. The van der Waals surface area contributed by atoms with Crippen molar-refractivity contribution < 1.29 is 0 Å². The van der Waals surface area contributed by atoms with E-state index in [2.05, 4.69) is 113 Å². The van der Waals surface area contributed by atoms with Crippen LogP contribution in [0.4, 0.5) is 0 Å². The van der Waals surface area contributed by atoms with Crippen LogP contribution in [-0.4, -0.2) is 16.2 Å². The second kappa shape index (κ2) is 11.9. The molecule has 0 radical (unpaired) electrons. The van der Waals surface area contributed by atoms with Gasteiger partial charge in [-0.3, -0.25) is 14.1 Å². The van der Waals surface area contributed by atoms with E-state index in [1.807, 2.05) is 7.05 Å². The topological polar surface area (TPSA) is 22.2 Å². The normalized spacial score (nSPS) is 11.9. The van der Waals surface area contributed by atoms with Gasteiger partial charge in [-0.25, -0.2) is 0 Å². The summed E-state index contributed by atoms with van der Waals surface area (Å²) in [5.74, 6) is 2.38. The van der Waals surface area contributed by atoms with E-state index in [0.29, 0.717) is 23.7 Å². The Morgan fingerprint density at radius 1 is 0.543 bits per heavy atom. The number of hydrogen-bond donors (Lipinski definition) is 0. The summed E-state index contributed by atoms with van der Waals surface area (Å²) in [6.45, 7) is 18.4. The van der Waals surface area contributed by atoms with E-state index in [9.17, 15) is 0 Å². The van der Waals surface area contributed by atoms with Crippen LogP contribution >= 0.6 is 0 Å². The van der Waals surface area contributed by atoms with Gasteiger partial charge < -0.3 is 0 Å². The van der Waals surface area contributed by atoms with Gasteiger partial charge in [0.25, 0.3) is 0 Å². The summed E-state index contributed by atoms with van der Waals surface area (Å²) in [7, 11) is 1.93. The molecule has 0 aliphatic carbocycles. The van der Waals surface area contributed by atoms with Crippen molar-refractivity contribution in [3.8, 4) is 11.4 Å². The summed E-state index contributed by atoms with van der Waals surface area (Å²) < 4.78 is 4.70. The maximum atomic E-state index is 4.89. The van der Waals surface area contributed by atoms with Gasteiger partial charge in [0, 0.05) is 19.4 Å². The molecular weight excluding hydrogens is 426 g/mol. The largest absolute Gasteiger partial charge is 0.285 e. The molecule has 0 saturated carbocycles. The van der Waals surface area contributed by atoms with Crippen molar-refractivity contribution in [2.75, 3.05) is 7.05 Å². The minimum Gasteiger partial charge on any atom is -0.285 e. The van der Waals surface area contributed by atoms with Gasteiger partial charge in [0.1, 0.15) is 0 Å². The fourth-order valence-corrected chi connectivity index (χ4v) is 5.27. The Kier molecular flexibility index (Phi) is 9.21. The summed E-state index contributed by atoms with van der Waals surface area (Å²) in [5.41, 5.74) is 9.26. The molecule has 3 rings (SSSR count). The predicted octanol–water partition coefficient (Wildman–Crippen LogP) is 7.59. The van der Waals surface area contributed by atoms with Gasteiger partial charge in [0.2, 0.25) is 5.62 Å². The van der Waals surface area contributed by atoms with E-state index in [-0.39, 0.29) is 0 Å². The van der Waals surface area contributed by atoms with E-state index in [4.69, 9.17) is 4.99 Å². The first-order valence-corrected chi connectivity index (χ1v) is 13.6. The van der Waals surface area contributed by atoms with Crippen molar-refractivity contribution in [2.45, 2.75) is 81.1 Å². The molecule has 35 heavy (non-hydrogen) atoms. The number of rotatable bonds is 10. The molecule has 3 aromatic rings. The molecule has 0 bridgehead atoms. The highest BCUT2D eigenvalue weighted by Gasteiger charge is 2.19. The summed E-state index contributed by atoms with van der Waals surface area (Å²) in [4.78, 5) is 4.89. The Labute approximate surface area is 213 Å². The molecule has 0 spiro atoms. The molecule has 0 fully saturated rings. The molecule has 0 N–H and O–H groups in total. The SMILES string of the molecule is CN=c1n(-c2c(CC(C)C)cccc2CC(C)C)ccn1-c1c(CC(C)C)cccc1CC(C)C. The van der Waals surface area contributed by atoms with Crippen molar-refractivity contribution in [2.24, 2.45) is 28.7 Å². The third-order valence-electron chi connectivity index (χ3n) is 6.40. The lowest BCUT2D eigenvalue weighted by molar-refractivity contribution is 0.625. The highest BCUT2D eigenvalue weighted by atomic mass is 15.2. The van der Waals surface area contributed by atoms with Crippen LogP contribution in [0.2, 0.25) is 0 Å². The molecule has 190 valence electrons. The number of aromatic nitrogens is 2. The monoisotopic (exact) mass is 473 g/mol. The Hall–Kier alpha value is -2.55. The zero-order chi connectivity index (χ0) is 25.7. The zero-order valence-corrected chi connectivity index (χ0v) is 23.6. The van der Waals surface area contributed by atoms with Crippen LogP contribution in [0.25, 0.3) is 11.4 Å². The average Bonchev–Trinajstić information content (AvgIpc) is 3.15. The first-order valence-electron chi connectivity index (χ1n) is 13.6. The standard InChI is InChI=1S/C32H47N3/c1-22(2)18-26-12-10-13-27(19-23(3)4)30(26)34-16-17-35(32(34)33-9)31-28(20-24(5)6)14-11-15-29(31)21-25(7)8/h10-17,22-25H,18-21H2,1-9H3. The van der Waals surface area contributed by atoms with Crippen LogP contribution in [-0.2, 0) is 25.7 Å². The smallest absolute Gasteiger partial charge is 0.214 e. The van der Waals surface area contributed by atoms with Gasteiger partial charge in [-0.15, -0.1) is 0 Å². The quantitative estimate of drug-likeness (QED) is 0.289. The van der Waals surface area contributed by atoms with Gasteiger partial charge in [0.05, 0.1) is 11.4 Å². The van der Waals surface area contributed by atoms with Crippen LogP contribution in [0.1, 0.15) is 77.6 Å². The van der Waals surface area contributed by atoms with Crippen LogP contribution < -0.4 is 5.62 Å². The fraction of sp³-hybridized carbons (Fsp3) is 0.531. The minimum absolute atomic E-state index is 0.595. The van der Waals surface area contributed by atoms with Crippen LogP contribution in [0.15, 0.2) is 53.8 Å². The number of imidazole rings is 1. The Bertz CT molecular complexity index is 1030. The fourth-order valence-electron chi connectivity index (χ4n) is 5.27. The van der Waals surface area contributed by atoms with Gasteiger partial charge in [-0.1, -0.05) is 91.8 Å². The van der Waals surface area contributed by atoms with Crippen molar-refractivity contribution >= 4 is 0 Å². The van der Waals surface area contributed by atoms with Crippen molar-refractivity contribution in [3.05, 3.63) is 76.7 Å². The number of benzene rings is 2. The van der Waals surface area contributed by atoms with Crippen molar-refractivity contribution in [1.82, 2.24) is 9.13 Å². The number of nitrogens with zero attached hydrogens (tertiary/aromatic N) is 3. The lowest BCUT2D eigenvalue weighted by Crippen LogP contribution is -2.27. The van der Waals surface area contributed by atoms with E-state index in [0.717, 1.165) is 31.3 Å². The Morgan fingerprint density at radius 3 is 1.06 bits per heavy atom. The molecule has 0 aliphatic rings. The molecule has 3 heteroatoms. The molecule has 1 heterocycles. The van der Waals surface area contributed by atoms with E-state index >= 15 is 0 Å². The van der Waals surface area contributed by atoms with Crippen molar-refractivity contribution in [1.29, 1.82) is 0 Å². The average molecular weight is 474 g/mol.